The normalized spacial score (nSPS) is 10.7. The zero-order valence-corrected chi connectivity index (χ0v) is 12.4. The van der Waals surface area contributed by atoms with E-state index >= 15 is 0 Å². The number of thiophene rings is 1. The Kier molecular flexibility index (Phi) is 3.93. The molecule has 0 amide bonds. The van der Waals surface area contributed by atoms with Gasteiger partial charge < -0.3 is 0 Å². The van der Waals surface area contributed by atoms with E-state index in [2.05, 4.69) is 31.9 Å². The van der Waals surface area contributed by atoms with Gasteiger partial charge in [0, 0.05) is 10.5 Å². The topological polar surface area (TPSA) is 17.1 Å². The minimum Gasteiger partial charge on any atom is -0.288 e. The van der Waals surface area contributed by atoms with E-state index in [-0.39, 0.29) is 4.88 Å². The van der Waals surface area contributed by atoms with Crippen LogP contribution in [0.15, 0.2) is 26.5 Å². The molecule has 2 rings (SSSR count). The molecule has 0 aliphatic heterocycles. The van der Waals surface area contributed by atoms with Gasteiger partial charge in [-0.25, -0.2) is 13.2 Å². The SMILES string of the molecule is O=C(c1cc(Br)c(Br)s1)c1cc(F)c(F)cc1F. The lowest BCUT2D eigenvalue weighted by Gasteiger charge is -2.01. The molecule has 0 atom stereocenters. The fraction of sp³-hybridized carbons (Fsp3) is 0. The van der Waals surface area contributed by atoms with Crippen molar-refractivity contribution in [1.29, 1.82) is 0 Å². The molecule has 1 heterocycles. The molecule has 0 spiro atoms. The summed E-state index contributed by atoms with van der Waals surface area (Å²) in [5.74, 6) is -4.35. The highest BCUT2D eigenvalue weighted by Crippen LogP contribution is 2.34. The third kappa shape index (κ3) is 2.53. The summed E-state index contributed by atoms with van der Waals surface area (Å²) in [6, 6.07) is 2.41. The Morgan fingerprint density at radius 2 is 1.61 bits per heavy atom. The van der Waals surface area contributed by atoms with Crippen LogP contribution in [0.1, 0.15) is 15.2 Å². The quantitative estimate of drug-likeness (QED) is 0.517. The summed E-state index contributed by atoms with van der Waals surface area (Å²) in [6.07, 6.45) is 0. The predicted molar refractivity (Wildman–Crippen MR) is 69.5 cm³/mol. The van der Waals surface area contributed by atoms with Crippen LogP contribution < -0.4 is 0 Å². The minimum atomic E-state index is -1.32. The molecule has 0 bridgehead atoms. The first-order valence-electron chi connectivity index (χ1n) is 4.54. The van der Waals surface area contributed by atoms with Crippen molar-refractivity contribution in [2.45, 2.75) is 0 Å². The fourth-order valence-corrected chi connectivity index (χ4v) is 3.28. The number of halogens is 5. The Morgan fingerprint density at radius 1 is 1.00 bits per heavy atom. The van der Waals surface area contributed by atoms with Crippen molar-refractivity contribution in [1.82, 2.24) is 0 Å². The van der Waals surface area contributed by atoms with Gasteiger partial charge >= 0.3 is 0 Å². The molecule has 1 nitrogen and oxygen atoms in total. The van der Waals surface area contributed by atoms with Gasteiger partial charge in [-0.3, -0.25) is 4.79 Å². The molecule has 0 N–H and O–H groups in total. The molecule has 0 radical (unpaired) electrons. The number of rotatable bonds is 2. The van der Waals surface area contributed by atoms with Crippen LogP contribution in [0.3, 0.4) is 0 Å². The second-order valence-electron chi connectivity index (χ2n) is 3.31. The van der Waals surface area contributed by atoms with Crippen LogP contribution in [0.5, 0.6) is 0 Å². The number of hydrogen-bond donors (Lipinski definition) is 0. The fourth-order valence-electron chi connectivity index (χ4n) is 1.29. The Hall–Kier alpha value is -0.660. The molecule has 0 aliphatic rings. The van der Waals surface area contributed by atoms with Gasteiger partial charge in [-0.2, -0.15) is 0 Å². The Balaban J connectivity index is 2.49. The Labute approximate surface area is 121 Å². The highest BCUT2D eigenvalue weighted by Gasteiger charge is 2.20. The average Bonchev–Trinajstić information content (AvgIpc) is 2.63. The van der Waals surface area contributed by atoms with Crippen LogP contribution in [0.4, 0.5) is 13.2 Å². The standard InChI is InChI=1S/C11H3Br2F3OS/c12-5-2-9(18-11(5)13)10(17)4-1-7(15)8(16)3-6(4)14/h1-3H. The molecular weight excluding hydrogens is 397 g/mol. The summed E-state index contributed by atoms with van der Waals surface area (Å²) in [6.45, 7) is 0. The molecule has 94 valence electrons. The number of carbonyl (C=O) groups is 1. The van der Waals surface area contributed by atoms with Crippen LogP contribution in [0.2, 0.25) is 0 Å². The van der Waals surface area contributed by atoms with E-state index in [4.69, 9.17) is 0 Å². The van der Waals surface area contributed by atoms with E-state index in [1.807, 2.05) is 0 Å². The molecule has 0 saturated heterocycles. The third-order valence-electron chi connectivity index (χ3n) is 2.12. The maximum atomic E-state index is 13.4. The van der Waals surface area contributed by atoms with E-state index in [0.29, 0.717) is 20.4 Å². The molecule has 18 heavy (non-hydrogen) atoms. The number of benzene rings is 1. The largest absolute Gasteiger partial charge is 0.288 e. The van der Waals surface area contributed by atoms with Crippen molar-refractivity contribution in [2.24, 2.45) is 0 Å². The van der Waals surface area contributed by atoms with Crippen LogP contribution in [-0.2, 0) is 0 Å². The first-order valence-corrected chi connectivity index (χ1v) is 6.94. The van der Waals surface area contributed by atoms with Gasteiger partial charge in [0.25, 0.3) is 0 Å². The molecular formula is C11H3Br2F3OS. The molecule has 0 unspecified atom stereocenters. The highest BCUT2D eigenvalue weighted by molar-refractivity contribution is 9.13. The lowest BCUT2D eigenvalue weighted by molar-refractivity contribution is 0.103. The van der Waals surface area contributed by atoms with E-state index in [1.54, 1.807) is 0 Å². The summed E-state index contributed by atoms with van der Waals surface area (Å²) in [4.78, 5) is 12.2. The van der Waals surface area contributed by atoms with Crippen molar-refractivity contribution in [3.8, 4) is 0 Å². The molecule has 7 heteroatoms. The second-order valence-corrected chi connectivity index (χ2v) is 6.53. The number of carbonyl (C=O) groups excluding carboxylic acids is 1. The van der Waals surface area contributed by atoms with Gasteiger partial charge in [0.15, 0.2) is 11.6 Å². The van der Waals surface area contributed by atoms with Gasteiger partial charge in [0.2, 0.25) is 5.78 Å². The van der Waals surface area contributed by atoms with Crippen molar-refractivity contribution >= 4 is 49.0 Å². The van der Waals surface area contributed by atoms with E-state index in [9.17, 15) is 18.0 Å². The minimum absolute atomic E-state index is 0.221. The summed E-state index contributed by atoms with van der Waals surface area (Å²) >= 11 is 7.45. The van der Waals surface area contributed by atoms with Gasteiger partial charge in [-0.1, -0.05) is 0 Å². The maximum Gasteiger partial charge on any atom is 0.206 e. The van der Waals surface area contributed by atoms with Crippen LogP contribution in [0.25, 0.3) is 0 Å². The van der Waals surface area contributed by atoms with Crippen molar-refractivity contribution in [3.63, 3.8) is 0 Å². The Morgan fingerprint density at radius 3 is 2.17 bits per heavy atom. The lowest BCUT2D eigenvalue weighted by Crippen LogP contribution is -2.04. The predicted octanol–water partition coefficient (Wildman–Crippen LogP) is 4.92. The summed E-state index contributed by atoms with van der Waals surface area (Å²) < 4.78 is 40.5. The maximum absolute atomic E-state index is 13.4. The zero-order valence-electron chi connectivity index (χ0n) is 8.44. The number of ketones is 1. The van der Waals surface area contributed by atoms with Crippen LogP contribution in [-0.4, -0.2) is 5.78 Å². The average molecular weight is 400 g/mol. The van der Waals surface area contributed by atoms with Gasteiger partial charge in [-0.05, 0) is 44.0 Å². The zero-order chi connectivity index (χ0) is 13.4. The summed E-state index contributed by atoms with van der Waals surface area (Å²) in [7, 11) is 0. The molecule has 2 aromatic rings. The second kappa shape index (κ2) is 5.14. The molecule has 0 aliphatic carbocycles. The van der Waals surface area contributed by atoms with Crippen molar-refractivity contribution in [2.75, 3.05) is 0 Å². The smallest absolute Gasteiger partial charge is 0.206 e. The van der Waals surface area contributed by atoms with E-state index in [1.165, 1.54) is 6.07 Å². The van der Waals surface area contributed by atoms with Crippen LogP contribution in [0, 0.1) is 17.5 Å². The highest BCUT2D eigenvalue weighted by atomic mass is 79.9. The van der Waals surface area contributed by atoms with Crippen LogP contribution >= 0.6 is 43.2 Å². The van der Waals surface area contributed by atoms with Gasteiger partial charge in [0.1, 0.15) is 5.82 Å². The van der Waals surface area contributed by atoms with E-state index in [0.717, 1.165) is 11.3 Å². The van der Waals surface area contributed by atoms with E-state index < -0.39 is 28.8 Å². The lowest BCUT2D eigenvalue weighted by atomic mass is 10.1. The van der Waals surface area contributed by atoms with Gasteiger partial charge in [-0.15, -0.1) is 11.3 Å². The van der Waals surface area contributed by atoms with Gasteiger partial charge in [0.05, 0.1) is 14.2 Å². The molecule has 1 aromatic heterocycles. The Bertz CT molecular complexity index is 620. The van der Waals surface area contributed by atoms with Crippen molar-refractivity contribution in [3.05, 3.63) is 54.4 Å². The summed E-state index contributed by atoms with van der Waals surface area (Å²) in [5.41, 5.74) is -0.491. The summed E-state index contributed by atoms with van der Waals surface area (Å²) in [5, 5.41) is 0. The first kappa shape index (κ1) is 13.8. The third-order valence-corrected chi connectivity index (χ3v) is 5.38. The molecule has 1 aromatic carbocycles. The van der Waals surface area contributed by atoms with Crippen molar-refractivity contribution < 1.29 is 18.0 Å². The molecule has 0 fully saturated rings. The number of hydrogen-bond acceptors (Lipinski definition) is 2. The monoisotopic (exact) mass is 398 g/mol. The first-order chi connectivity index (χ1) is 8.40. The molecule has 0 saturated carbocycles.